The third-order valence-electron chi connectivity index (χ3n) is 11.4. The highest BCUT2D eigenvalue weighted by Gasteiger charge is 2.48. The first-order valence-corrected chi connectivity index (χ1v) is 20.2. The fourth-order valence-corrected chi connectivity index (χ4v) is 9.48. The van der Waals surface area contributed by atoms with Gasteiger partial charge >= 0.3 is 0 Å². The summed E-state index contributed by atoms with van der Waals surface area (Å²) < 4.78 is 1.08. The number of nitrogens with zero attached hydrogens (tertiary/aromatic N) is 1. The van der Waals surface area contributed by atoms with Gasteiger partial charge in [-0.15, -0.1) is 0 Å². The summed E-state index contributed by atoms with van der Waals surface area (Å²) in [5.74, 6) is 0. The van der Waals surface area contributed by atoms with Gasteiger partial charge in [-0.3, -0.25) is 0 Å². The maximum absolute atomic E-state index is 4.06. The van der Waals surface area contributed by atoms with Crippen molar-refractivity contribution in [2.24, 2.45) is 0 Å². The van der Waals surface area contributed by atoms with Crippen LogP contribution in [0.5, 0.6) is 0 Å². The van der Waals surface area contributed by atoms with Gasteiger partial charge in [-0.1, -0.05) is 204 Å². The van der Waals surface area contributed by atoms with Crippen molar-refractivity contribution in [3.05, 3.63) is 257 Å². The van der Waals surface area contributed by atoms with Gasteiger partial charge in [0.25, 0.3) is 0 Å². The Morgan fingerprint density at radius 1 is 0.298 bits per heavy atom. The topological polar surface area (TPSA) is 3.24 Å². The zero-order valence-electron chi connectivity index (χ0n) is 31.3. The predicted octanol–water partition coefficient (Wildman–Crippen LogP) is 15.3. The Bertz CT molecular complexity index is 2730. The number of hydrogen-bond donors (Lipinski definition) is 0. The van der Waals surface area contributed by atoms with E-state index >= 15 is 0 Å². The molecule has 270 valence electrons. The number of anilines is 3. The van der Waals surface area contributed by atoms with Crippen molar-refractivity contribution in [3.63, 3.8) is 0 Å². The van der Waals surface area contributed by atoms with E-state index in [-0.39, 0.29) is 0 Å². The Balaban J connectivity index is 1.16. The molecule has 0 amide bonds. The van der Waals surface area contributed by atoms with Crippen LogP contribution in [-0.2, 0) is 5.41 Å². The molecule has 0 spiro atoms. The second-order valence-corrected chi connectivity index (χ2v) is 15.4. The van der Waals surface area contributed by atoms with Gasteiger partial charge < -0.3 is 4.90 Å². The number of rotatable bonds is 8. The number of halogens is 1. The second kappa shape index (κ2) is 14.7. The minimum Gasteiger partial charge on any atom is -0.311 e. The molecule has 9 aromatic rings. The van der Waals surface area contributed by atoms with Crippen LogP contribution in [0.2, 0.25) is 0 Å². The first kappa shape index (κ1) is 34.7. The molecule has 10 rings (SSSR count). The van der Waals surface area contributed by atoms with Crippen LogP contribution in [0, 0.1) is 0 Å². The van der Waals surface area contributed by atoms with Crippen LogP contribution in [0.3, 0.4) is 0 Å². The van der Waals surface area contributed by atoms with Crippen molar-refractivity contribution in [1.29, 1.82) is 0 Å². The van der Waals surface area contributed by atoms with Crippen LogP contribution in [-0.4, -0.2) is 0 Å². The minimum atomic E-state index is -0.587. The number of benzene rings is 9. The van der Waals surface area contributed by atoms with E-state index in [4.69, 9.17) is 0 Å². The summed E-state index contributed by atoms with van der Waals surface area (Å²) in [6, 6.07) is 83.7. The molecule has 1 nitrogen and oxygen atoms in total. The van der Waals surface area contributed by atoms with E-state index in [0.717, 1.165) is 21.5 Å². The van der Waals surface area contributed by atoms with Crippen molar-refractivity contribution >= 4 is 33.0 Å². The summed E-state index contributed by atoms with van der Waals surface area (Å²) in [6.45, 7) is 0. The lowest BCUT2D eigenvalue weighted by Gasteiger charge is -2.36. The summed E-state index contributed by atoms with van der Waals surface area (Å²) in [7, 11) is 0. The highest BCUT2D eigenvalue weighted by atomic mass is 79.9. The molecule has 0 saturated carbocycles. The second-order valence-electron chi connectivity index (χ2n) is 14.6. The average Bonchev–Trinajstić information content (AvgIpc) is 3.59. The van der Waals surface area contributed by atoms with Crippen molar-refractivity contribution in [2.45, 2.75) is 5.41 Å². The van der Waals surface area contributed by atoms with Crippen LogP contribution >= 0.6 is 15.9 Å². The van der Waals surface area contributed by atoms with E-state index in [0.29, 0.717) is 0 Å². The summed E-state index contributed by atoms with van der Waals surface area (Å²) in [5, 5.41) is 0. The van der Waals surface area contributed by atoms with Gasteiger partial charge in [0, 0.05) is 21.5 Å². The average molecular weight is 793 g/mol. The highest BCUT2D eigenvalue weighted by Crippen LogP contribution is 2.60. The van der Waals surface area contributed by atoms with Gasteiger partial charge in [0.05, 0.1) is 5.41 Å². The van der Waals surface area contributed by atoms with Crippen molar-refractivity contribution in [1.82, 2.24) is 0 Å². The molecule has 0 bridgehead atoms. The largest absolute Gasteiger partial charge is 0.311 e. The molecular weight excluding hydrogens is 755 g/mol. The van der Waals surface area contributed by atoms with Crippen LogP contribution in [0.15, 0.2) is 235 Å². The fourth-order valence-electron chi connectivity index (χ4n) is 8.89. The molecule has 0 aliphatic heterocycles. The molecule has 0 aromatic heterocycles. The van der Waals surface area contributed by atoms with Crippen LogP contribution in [0.4, 0.5) is 17.1 Å². The Kier molecular flexibility index (Phi) is 8.97. The predicted molar refractivity (Wildman–Crippen MR) is 242 cm³/mol. The van der Waals surface area contributed by atoms with Crippen molar-refractivity contribution < 1.29 is 0 Å². The molecule has 2 heteroatoms. The maximum atomic E-state index is 4.06. The van der Waals surface area contributed by atoms with Crippen LogP contribution < -0.4 is 4.90 Å². The lowest BCUT2D eigenvalue weighted by atomic mass is 9.66. The van der Waals surface area contributed by atoms with E-state index < -0.39 is 5.41 Å². The molecule has 0 heterocycles. The lowest BCUT2D eigenvalue weighted by Crippen LogP contribution is -2.30. The standard InChI is InChI=1S/C55H38BrN/c56-53-26-13-12-25-52(53)55(51-24-11-10-21-49(51)50-23-14-22-48(54(50)55)43-19-8-3-9-20-43)44-31-37-47(38-32-44)57(45-33-27-41(28-34-45)39-15-4-1-5-16-39)46-35-29-42(30-36-46)40-17-6-2-7-18-40/h1-38H. The van der Waals surface area contributed by atoms with E-state index in [1.807, 2.05) is 0 Å². The highest BCUT2D eigenvalue weighted by molar-refractivity contribution is 9.10. The quantitative estimate of drug-likeness (QED) is 0.148. The monoisotopic (exact) mass is 791 g/mol. The summed E-state index contributed by atoms with van der Waals surface area (Å²) in [4.78, 5) is 2.37. The van der Waals surface area contributed by atoms with Gasteiger partial charge in [-0.25, -0.2) is 0 Å². The third-order valence-corrected chi connectivity index (χ3v) is 12.1. The minimum absolute atomic E-state index is 0.587. The molecule has 1 aliphatic carbocycles. The zero-order chi connectivity index (χ0) is 38.2. The van der Waals surface area contributed by atoms with Gasteiger partial charge in [-0.05, 0) is 109 Å². The lowest BCUT2D eigenvalue weighted by molar-refractivity contribution is 0.765. The third kappa shape index (κ3) is 6.01. The number of hydrogen-bond acceptors (Lipinski definition) is 1. The first-order valence-electron chi connectivity index (χ1n) is 19.5. The molecule has 1 aliphatic rings. The Morgan fingerprint density at radius 2 is 0.702 bits per heavy atom. The van der Waals surface area contributed by atoms with E-state index in [1.165, 1.54) is 66.8 Å². The first-order chi connectivity index (χ1) is 28.2. The van der Waals surface area contributed by atoms with Crippen molar-refractivity contribution in [2.75, 3.05) is 4.90 Å². The number of fused-ring (bicyclic) bond motifs is 3. The maximum Gasteiger partial charge on any atom is 0.0730 e. The van der Waals surface area contributed by atoms with E-state index in [9.17, 15) is 0 Å². The van der Waals surface area contributed by atoms with Crippen LogP contribution in [0.1, 0.15) is 22.3 Å². The van der Waals surface area contributed by atoms with Gasteiger partial charge in [0.2, 0.25) is 0 Å². The Hall–Kier alpha value is -6.74. The van der Waals surface area contributed by atoms with Crippen molar-refractivity contribution in [3.8, 4) is 44.5 Å². The molecule has 0 fully saturated rings. The van der Waals surface area contributed by atoms with E-state index in [1.54, 1.807) is 0 Å². The summed E-state index contributed by atoms with van der Waals surface area (Å²) >= 11 is 4.06. The molecule has 0 radical (unpaired) electrons. The summed E-state index contributed by atoms with van der Waals surface area (Å²) in [5.41, 5.74) is 17.5. The molecule has 0 saturated heterocycles. The smallest absolute Gasteiger partial charge is 0.0730 e. The zero-order valence-corrected chi connectivity index (χ0v) is 32.9. The van der Waals surface area contributed by atoms with Gasteiger partial charge in [0.15, 0.2) is 0 Å². The Labute approximate surface area is 343 Å². The molecular formula is C55H38BrN. The fraction of sp³-hybridized carbons (Fsp3) is 0.0182. The molecule has 57 heavy (non-hydrogen) atoms. The normalized spacial score (nSPS) is 14.1. The molecule has 9 aromatic carbocycles. The summed E-state index contributed by atoms with van der Waals surface area (Å²) in [6.07, 6.45) is 0. The Morgan fingerprint density at radius 3 is 1.25 bits per heavy atom. The van der Waals surface area contributed by atoms with E-state index in [2.05, 4.69) is 251 Å². The SMILES string of the molecule is Brc1ccccc1C1(c2ccc(N(c3ccc(-c4ccccc4)cc3)c3ccc(-c4ccccc4)cc3)cc2)c2ccccc2-c2cccc(-c3ccccc3)c21. The molecule has 0 N–H and O–H groups in total. The van der Waals surface area contributed by atoms with Crippen LogP contribution in [0.25, 0.3) is 44.5 Å². The van der Waals surface area contributed by atoms with Gasteiger partial charge in [0.1, 0.15) is 0 Å². The van der Waals surface area contributed by atoms with Gasteiger partial charge in [-0.2, -0.15) is 0 Å². The molecule has 1 unspecified atom stereocenters. The molecule has 1 atom stereocenters.